The average Bonchev–Trinajstić information content (AvgIpc) is 3.53. The van der Waals surface area contributed by atoms with E-state index in [0.717, 1.165) is 0 Å². The number of carboxylic acids is 1. The number of nitriles is 1. The highest BCUT2D eigenvalue weighted by Gasteiger charge is 2.49. The van der Waals surface area contributed by atoms with Gasteiger partial charge in [-0.05, 0) is 38.8 Å². The topological polar surface area (TPSA) is 202 Å². The van der Waals surface area contributed by atoms with Crippen molar-refractivity contribution in [1.82, 2.24) is 33.9 Å². The number of nitrogens with one attached hydrogen (secondary N) is 1. The van der Waals surface area contributed by atoms with Crippen LogP contribution in [0.1, 0.15) is 32.6 Å². The third-order valence-corrected chi connectivity index (χ3v) is 8.47. The first-order chi connectivity index (χ1) is 18.2. The molecule has 3 aromatic rings. The molecule has 1 fully saturated rings. The van der Waals surface area contributed by atoms with E-state index in [9.17, 15) is 28.4 Å². The Balaban J connectivity index is 1.59. The molecule has 15 heteroatoms. The van der Waals surface area contributed by atoms with Gasteiger partial charge < -0.3 is 16.2 Å². The number of amides is 1. The lowest BCUT2D eigenvalue weighted by Gasteiger charge is -2.47. The molecular weight excluding hydrogens is 514 g/mol. The summed E-state index contributed by atoms with van der Waals surface area (Å²) >= 11 is 0. The van der Waals surface area contributed by atoms with Crippen LogP contribution in [0, 0.1) is 11.3 Å². The number of aromatic nitrogens is 5. The summed E-state index contributed by atoms with van der Waals surface area (Å²) in [5.41, 5.74) is 6.04. The molecule has 0 saturated carbocycles. The molecule has 1 aliphatic rings. The molecule has 0 unspecified atom stereocenters. The summed E-state index contributed by atoms with van der Waals surface area (Å²) in [5, 5.41) is 26.4. The van der Waals surface area contributed by atoms with Crippen molar-refractivity contribution in [2.24, 2.45) is 5.73 Å². The summed E-state index contributed by atoms with van der Waals surface area (Å²) in [6.07, 6.45) is 7.58. The van der Waals surface area contributed by atoms with Gasteiger partial charge in [0.25, 0.3) is 0 Å². The number of nitrogens with zero attached hydrogens (tertiary/aromatic N) is 7. The summed E-state index contributed by atoms with van der Waals surface area (Å²) in [4.78, 5) is 33.1. The maximum Gasteiger partial charge on any atom is 0.327 e. The third kappa shape index (κ3) is 5.10. The number of nitrogens with two attached hydrogens (primary N) is 1. The van der Waals surface area contributed by atoms with E-state index in [0.29, 0.717) is 36.0 Å². The van der Waals surface area contributed by atoms with Crippen molar-refractivity contribution in [3.8, 4) is 17.3 Å². The Morgan fingerprint density at radius 1 is 1.32 bits per heavy atom. The minimum atomic E-state index is -3.38. The first kappa shape index (κ1) is 27.2. The van der Waals surface area contributed by atoms with Gasteiger partial charge in [0, 0.05) is 36.4 Å². The second-order valence-electron chi connectivity index (χ2n) is 9.17. The number of hydrogen-bond acceptors (Lipinski definition) is 9. The van der Waals surface area contributed by atoms with E-state index in [1.807, 2.05) is 0 Å². The molecule has 4 heterocycles. The van der Waals surface area contributed by atoms with Crippen molar-refractivity contribution in [3.63, 3.8) is 0 Å². The van der Waals surface area contributed by atoms with Gasteiger partial charge in [-0.15, -0.1) is 0 Å². The van der Waals surface area contributed by atoms with Gasteiger partial charge in [0.1, 0.15) is 17.9 Å². The van der Waals surface area contributed by atoms with Crippen molar-refractivity contribution in [3.05, 3.63) is 31.0 Å². The summed E-state index contributed by atoms with van der Waals surface area (Å²) in [6, 6.07) is 2.07. The lowest BCUT2D eigenvalue weighted by molar-refractivity contribution is -0.139. The minimum absolute atomic E-state index is 0.0234. The minimum Gasteiger partial charge on any atom is -0.480 e. The number of unbranched alkanes of at least 4 members (excludes halogenated alkanes) is 1. The number of sulfonamides is 1. The largest absolute Gasteiger partial charge is 0.480 e. The van der Waals surface area contributed by atoms with Crippen LogP contribution in [0.5, 0.6) is 0 Å². The zero-order valence-electron chi connectivity index (χ0n) is 20.8. The van der Waals surface area contributed by atoms with Crippen LogP contribution in [0.3, 0.4) is 0 Å². The van der Waals surface area contributed by atoms with Gasteiger partial charge in [-0.1, -0.05) is 0 Å². The number of carbonyl (C=O) groups is 2. The first-order valence-electron chi connectivity index (χ1n) is 12.1. The Hall–Kier alpha value is -3.87. The van der Waals surface area contributed by atoms with Crippen LogP contribution in [-0.4, -0.2) is 85.6 Å². The van der Waals surface area contributed by atoms with Gasteiger partial charge in [-0.2, -0.15) is 14.7 Å². The zero-order valence-corrected chi connectivity index (χ0v) is 21.6. The van der Waals surface area contributed by atoms with Gasteiger partial charge in [-0.25, -0.2) is 28.0 Å². The van der Waals surface area contributed by atoms with Crippen LogP contribution >= 0.6 is 0 Å². The molecule has 4 rings (SSSR count). The molecular formula is C23H29N9O5S. The predicted molar refractivity (Wildman–Crippen MR) is 136 cm³/mol. The average molecular weight is 544 g/mol. The van der Waals surface area contributed by atoms with Gasteiger partial charge in [0.2, 0.25) is 10.0 Å². The first-order valence-corrected chi connectivity index (χ1v) is 13.7. The lowest BCUT2D eigenvalue weighted by atomic mass is 9.89. The molecule has 0 aliphatic carbocycles. The zero-order chi connectivity index (χ0) is 27.5. The molecule has 1 atom stereocenters. The summed E-state index contributed by atoms with van der Waals surface area (Å²) in [6.45, 7) is 2.29. The van der Waals surface area contributed by atoms with Crippen LogP contribution in [0.4, 0.5) is 4.79 Å². The molecule has 1 aliphatic heterocycles. The van der Waals surface area contributed by atoms with Crippen molar-refractivity contribution in [1.29, 1.82) is 5.26 Å². The van der Waals surface area contributed by atoms with Crippen LogP contribution in [0.25, 0.3) is 22.3 Å². The second kappa shape index (κ2) is 10.9. The third-order valence-electron chi connectivity index (χ3n) is 6.69. The fraction of sp³-hybridized carbons (Fsp3) is 0.478. The molecule has 14 nitrogen and oxygen atoms in total. The second-order valence-corrected chi connectivity index (χ2v) is 11.4. The number of hydrogen-bond donors (Lipinski definition) is 3. The van der Waals surface area contributed by atoms with Crippen LogP contribution in [0.15, 0.2) is 31.0 Å². The monoisotopic (exact) mass is 543 g/mol. The van der Waals surface area contributed by atoms with E-state index in [1.165, 1.54) is 21.4 Å². The van der Waals surface area contributed by atoms with Gasteiger partial charge >= 0.3 is 12.0 Å². The summed E-state index contributed by atoms with van der Waals surface area (Å²) in [7, 11) is -3.38. The van der Waals surface area contributed by atoms with Gasteiger partial charge in [0.15, 0.2) is 5.65 Å². The Morgan fingerprint density at radius 2 is 2.08 bits per heavy atom. The molecule has 0 spiro atoms. The standard InChI is InChI=1S/C23H29N9O5S/c1-2-38(36,37)30-13-23(14-30,7-9-25)32-12-16(11-28-32)19-17-6-10-31(20(17)27-15-26-19)22(35)29-18(21(33)34)5-3-4-8-24/h6,10-12,15,18H,2-5,7-8,13-14,24H2,1H3,(H,29,35)(H,33,34)/t18-/m0/s1. The Kier molecular flexibility index (Phi) is 7.76. The van der Waals surface area contributed by atoms with Crippen molar-refractivity contribution < 1.29 is 23.1 Å². The molecule has 1 saturated heterocycles. The summed E-state index contributed by atoms with van der Waals surface area (Å²) in [5.74, 6) is -1.16. The maximum absolute atomic E-state index is 12.9. The van der Waals surface area contributed by atoms with E-state index in [2.05, 4.69) is 26.5 Å². The Labute approximate surface area is 219 Å². The molecule has 3 aromatic heterocycles. The van der Waals surface area contributed by atoms with E-state index in [1.54, 1.807) is 30.1 Å². The fourth-order valence-corrected chi connectivity index (χ4v) is 5.73. The van der Waals surface area contributed by atoms with Crippen LogP contribution in [0.2, 0.25) is 0 Å². The number of carbonyl (C=O) groups excluding carboxylic acids is 1. The fourth-order valence-electron chi connectivity index (χ4n) is 4.49. The number of fused-ring (bicyclic) bond motifs is 1. The molecule has 38 heavy (non-hydrogen) atoms. The number of rotatable bonds is 11. The van der Waals surface area contributed by atoms with E-state index < -0.39 is 33.6 Å². The van der Waals surface area contributed by atoms with E-state index in [4.69, 9.17) is 5.73 Å². The predicted octanol–water partition coefficient (Wildman–Crippen LogP) is 0.709. The highest BCUT2D eigenvalue weighted by Crippen LogP contribution is 2.36. The molecule has 0 bridgehead atoms. The normalized spacial score (nSPS) is 16.0. The van der Waals surface area contributed by atoms with E-state index in [-0.39, 0.29) is 37.3 Å². The van der Waals surface area contributed by atoms with Crippen molar-refractivity contribution in [2.75, 3.05) is 25.4 Å². The molecule has 0 radical (unpaired) electrons. The molecule has 0 aromatic carbocycles. The highest BCUT2D eigenvalue weighted by atomic mass is 32.2. The maximum atomic E-state index is 12.9. The van der Waals surface area contributed by atoms with Crippen molar-refractivity contribution in [2.45, 2.75) is 44.2 Å². The Bertz CT molecular complexity index is 1480. The van der Waals surface area contributed by atoms with Crippen LogP contribution < -0.4 is 11.1 Å². The van der Waals surface area contributed by atoms with Crippen molar-refractivity contribution >= 4 is 33.1 Å². The smallest absolute Gasteiger partial charge is 0.327 e. The number of aliphatic carboxylic acids is 1. The SMILES string of the molecule is CCS(=O)(=O)N1CC(CC#N)(n2cc(-c3ncnc4c3ccn4C(=O)N[C@@H](CCCCN)C(=O)O)cn2)C1. The lowest BCUT2D eigenvalue weighted by Crippen LogP contribution is -2.64. The van der Waals surface area contributed by atoms with E-state index >= 15 is 0 Å². The van der Waals surface area contributed by atoms with Gasteiger partial charge in [0.05, 0.1) is 30.1 Å². The highest BCUT2D eigenvalue weighted by molar-refractivity contribution is 7.89. The molecule has 4 N–H and O–H groups in total. The molecule has 202 valence electrons. The number of carboxylic acid groups (broad SMARTS) is 1. The quantitative estimate of drug-likeness (QED) is 0.289. The summed E-state index contributed by atoms with van der Waals surface area (Å²) < 4.78 is 28.6. The van der Waals surface area contributed by atoms with Crippen LogP contribution in [-0.2, 0) is 20.4 Å². The Morgan fingerprint density at radius 3 is 2.74 bits per heavy atom. The molecule has 1 amide bonds. The van der Waals surface area contributed by atoms with Gasteiger partial charge in [-0.3, -0.25) is 9.25 Å².